The van der Waals surface area contributed by atoms with Crippen LogP contribution in [-0.2, 0) is 0 Å². The summed E-state index contributed by atoms with van der Waals surface area (Å²) in [5, 5.41) is 3.22. The van der Waals surface area contributed by atoms with Gasteiger partial charge in [-0.2, -0.15) is 0 Å². The molecule has 0 aliphatic rings. The van der Waals surface area contributed by atoms with Crippen LogP contribution in [0.5, 0.6) is 0 Å². The van der Waals surface area contributed by atoms with Gasteiger partial charge >= 0.3 is 0 Å². The van der Waals surface area contributed by atoms with Gasteiger partial charge in [-0.05, 0) is 24.0 Å². The Hall–Kier alpha value is -0.763. The van der Waals surface area contributed by atoms with Crippen molar-refractivity contribution in [1.29, 1.82) is 0 Å². The smallest absolute Gasteiger partial charge is 0.0997 e. The summed E-state index contributed by atoms with van der Waals surface area (Å²) in [4.78, 5) is 0. The van der Waals surface area contributed by atoms with Gasteiger partial charge in [-0.1, -0.05) is 105 Å². The zero-order valence-corrected chi connectivity index (χ0v) is 19.0. The van der Waals surface area contributed by atoms with Crippen molar-refractivity contribution in [3.8, 4) is 0 Å². The Morgan fingerprint density at radius 2 is 1.04 bits per heavy atom. The molecule has 0 amide bonds. The molecule has 0 fully saturated rings. The first-order chi connectivity index (χ1) is 12.6. The average Bonchev–Trinajstić information content (AvgIpc) is 2.69. The van der Waals surface area contributed by atoms with E-state index in [2.05, 4.69) is 68.9 Å². The normalized spacial score (nSPS) is 14.8. The molecule has 0 nitrogen and oxygen atoms in total. The third kappa shape index (κ3) is 6.15. The van der Waals surface area contributed by atoms with E-state index in [1.165, 1.54) is 47.2 Å². The SMILES string of the molecule is CCCCC(Cl)c1ccc([SiH](C)c2ccc(C(Cl)CCCC)cc2)cc1. The summed E-state index contributed by atoms with van der Waals surface area (Å²) in [6, 6.07) is 18.0. The van der Waals surface area contributed by atoms with E-state index in [0.29, 0.717) is 0 Å². The highest BCUT2D eigenvalue weighted by Gasteiger charge is 2.14. The Labute approximate surface area is 171 Å². The van der Waals surface area contributed by atoms with Crippen LogP contribution in [0.3, 0.4) is 0 Å². The summed E-state index contributed by atoms with van der Waals surface area (Å²) in [7, 11) is -1.15. The molecule has 2 aromatic rings. The Morgan fingerprint density at radius 3 is 1.35 bits per heavy atom. The maximum atomic E-state index is 6.52. The Bertz CT molecular complexity index is 579. The number of hydrogen-bond donors (Lipinski definition) is 0. The fourth-order valence-corrected chi connectivity index (χ4v) is 5.80. The number of unbranched alkanes of at least 4 members (excludes halogenated alkanes) is 2. The van der Waals surface area contributed by atoms with E-state index in [0.717, 1.165) is 12.8 Å². The summed E-state index contributed by atoms with van der Waals surface area (Å²) in [5.74, 6) is 0. The molecule has 3 heteroatoms. The Kier molecular flexibility index (Phi) is 9.25. The van der Waals surface area contributed by atoms with E-state index in [-0.39, 0.29) is 10.8 Å². The number of halogens is 2. The second-order valence-electron chi connectivity index (χ2n) is 7.27. The van der Waals surface area contributed by atoms with Gasteiger partial charge in [-0.25, -0.2) is 0 Å². The number of hydrogen-bond acceptors (Lipinski definition) is 0. The zero-order valence-electron chi connectivity index (χ0n) is 16.3. The Morgan fingerprint density at radius 1 is 0.692 bits per heavy atom. The van der Waals surface area contributed by atoms with E-state index < -0.39 is 8.80 Å². The molecule has 0 bridgehead atoms. The van der Waals surface area contributed by atoms with Crippen LogP contribution in [0.25, 0.3) is 0 Å². The van der Waals surface area contributed by atoms with Crippen LogP contribution in [0.4, 0.5) is 0 Å². The van der Waals surface area contributed by atoms with Crippen LogP contribution in [0.15, 0.2) is 48.5 Å². The predicted octanol–water partition coefficient (Wildman–Crippen LogP) is 6.60. The first kappa shape index (κ1) is 21.5. The molecule has 142 valence electrons. The lowest BCUT2D eigenvalue weighted by Gasteiger charge is -2.15. The van der Waals surface area contributed by atoms with Gasteiger partial charge in [0.05, 0.1) is 19.6 Å². The lowest BCUT2D eigenvalue weighted by molar-refractivity contribution is 0.701. The average molecular weight is 408 g/mol. The highest BCUT2D eigenvalue weighted by Crippen LogP contribution is 2.26. The van der Waals surface area contributed by atoms with Gasteiger partial charge in [0.15, 0.2) is 0 Å². The number of alkyl halides is 2. The molecule has 0 aromatic heterocycles. The topological polar surface area (TPSA) is 0 Å². The highest BCUT2D eigenvalue weighted by atomic mass is 35.5. The lowest BCUT2D eigenvalue weighted by Crippen LogP contribution is -2.39. The molecule has 0 heterocycles. The first-order valence-corrected chi connectivity index (χ1v) is 13.2. The van der Waals surface area contributed by atoms with Crippen molar-refractivity contribution in [1.82, 2.24) is 0 Å². The van der Waals surface area contributed by atoms with Gasteiger partial charge in [0.1, 0.15) is 0 Å². The lowest BCUT2D eigenvalue weighted by atomic mass is 10.1. The van der Waals surface area contributed by atoms with Crippen molar-refractivity contribution in [2.24, 2.45) is 0 Å². The summed E-state index contributed by atoms with van der Waals surface area (Å²) < 4.78 is 0. The minimum absolute atomic E-state index is 0.143. The second-order valence-corrected chi connectivity index (χ2v) is 11.1. The highest BCUT2D eigenvalue weighted by molar-refractivity contribution is 6.84. The van der Waals surface area contributed by atoms with Gasteiger partial charge < -0.3 is 0 Å². The fourth-order valence-electron chi connectivity index (χ4n) is 3.28. The summed E-state index contributed by atoms with van der Waals surface area (Å²) in [5.41, 5.74) is 2.50. The van der Waals surface area contributed by atoms with E-state index in [9.17, 15) is 0 Å². The molecule has 0 radical (unpaired) electrons. The molecule has 0 N–H and O–H groups in total. The maximum absolute atomic E-state index is 6.52. The van der Waals surface area contributed by atoms with Gasteiger partial charge in [-0.3, -0.25) is 0 Å². The molecule has 2 unspecified atom stereocenters. The van der Waals surface area contributed by atoms with Crippen LogP contribution in [0.1, 0.15) is 74.3 Å². The molecule has 2 atom stereocenters. The minimum Gasteiger partial charge on any atom is -0.118 e. The van der Waals surface area contributed by atoms with Crippen molar-refractivity contribution in [3.63, 3.8) is 0 Å². The minimum atomic E-state index is -1.15. The van der Waals surface area contributed by atoms with E-state index >= 15 is 0 Å². The molecular weight excluding hydrogens is 375 g/mol. The largest absolute Gasteiger partial charge is 0.118 e. The molecular formula is C23H32Cl2Si. The third-order valence-corrected chi connectivity index (χ3v) is 8.93. The molecule has 0 aliphatic heterocycles. The van der Waals surface area contributed by atoms with Gasteiger partial charge in [-0.15, -0.1) is 23.2 Å². The van der Waals surface area contributed by atoms with E-state index in [4.69, 9.17) is 23.2 Å². The standard InChI is InChI=1S/C23H32Cl2Si/c1-4-6-8-22(24)18-10-14-20(15-11-18)26(3)21-16-12-19(13-17-21)23(25)9-7-5-2/h10-17,22-23,26H,4-9H2,1-3H3. The van der Waals surface area contributed by atoms with Crippen LogP contribution < -0.4 is 10.4 Å². The quantitative estimate of drug-likeness (QED) is 0.308. The van der Waals surface area contributed by atoms with E-state index in [1.807, 2.05) is 0 Å². The maximum Gasteiger partial charge on any atom is 0.0997 e. The monoisotopic (exact) mass is 406 g/mol. The molecule has 0 aliphatic carbocycles. The molecule has 2 aromatic carbocycles. The Balaban J connectivity index is 2.03. The first-order valence-electron chi connectivity index (χ1n) is 10.0. The third-order valence-electron chi connectivity index (χ3n) is 5.22. The van der Waals surface area contributed by atoms with Crippen LogP contribution in [-0.4, -0.2) is 8.80 Å². The predicted molar refractivity (Wildman–Crippen MR) is 121 cm³/mol. The van der Waals surface area contributed by atoms with Gasteiger partial charge in [0, 0.05) is 0 Å². The summed E-state index contributed by atoms with van der Waals surface area (Å²) >= 11 is 13.0. The second kappa shape index (κ2) is 11.2. The van der Waals surface area contributed by atoms with Crippen molar-refractivity contribution in [2.45, 2.75) is 69.7 Å². The van der Waals surface area contributed by atoms with Crippen LogP contribution in [0, 0.1) is 0 Å². The van der Waals surface area contributed by atoms with Crippen molar-refractivity contribution >= 4 is 42.4 Å². The van der Waals surface area contributed by atoms with Gasteiger partial charge in [0.2, 0.25) is 0 Å². The summed E-state index contributed by atoms with van der Waals surface area (Å²) in [6.07, 6.45) is 6.89. The zero-order chi connectivity index (χ0) is 18.9. The van der Waals surface area contributed by atoms with E-state index in [1.54, 1.807) is 0 Å². The van der Waals surface area contributed by atoms with Crippen molar-refractivity contribution in [2.75, 3.05) is 0 Å². The van der Waals surface area contributed by atoms with Crippen molar-refractivity contribution in [3.05, 3.63) is 59.7 Å². The summed E-state index contributed by atoms with van der Waals surface area (Å²) in [6.45, 7) is 6.82. The number of benzene rings is 2. The molecule has 0 saturated heterocycles. The number of rotatable bonds is 10. The molecule has 2 rings (SSSR count). The van der Waals surface area contributed by atoms with Crippen molar-refractivity contribution < 1.29 is 0 Å². The molecule has 26 heavy (non-hydrogen) atoms. The molecule has 0 saturated carbocycles. The molecule has 0 spiro atoms. The van der Waals surface area contributed by atoms with Gasteiger partial charge in [0.25, 0.3) is 0 Å². The van der Waals surface area contributed by atoms with Crippen LogP contribution in [0.2, 0.25) is 6.55 Å². The fraction of sp³-hybridized carbons (Fsp3) is 0.478. The van der Waals surface area contributed by atoms with Crippen LogP contribution >= 0.6 is 23.2 Å².